The Labute approximate surface area is 206 Å². The Kier molecular flexibility index (Phi) is 8.73. The maximum absolute atomic E-state index is 10.6. The summed E-state index contributed by atoms with van der Waals surface area (Å²) in [7, 11) is 0. The number of hydrogen-bond acceptors (Lipinski definition) is 6. The fourth-order valence-corrected chi connectivity index (χ4v) is 4.01. The van der Waals surface area contributed by atoms with Gasteiger partial charge in [0, 0.05) is 19.7 Å². The molecule has 0 amide bonds. The lowest BCUT2D eigenvalue weighted by Crippen LogP contribution is -2.34. The third-order valence-electron chi connectivity index (χ3n) is 5.64. The standard InChI is InChI=1S/C28H33N3O4/c1-3-27-26(20-30(18-23(32)21-33-4-2)19-25-16-11-17-34-25)28(35-24-14-9-6-10-15-24)31(29-27)22-12-7-5-8-13-22/h5-17,23,32H,3-4,18-21H2,1-2H3. The second kappa shape index (κ2) is 12.4. The number of para-hydroxylation sites is 2. The first-order chi connectivity index (χ1) is 17.2. The average molecular weight is 476 g/mol. The number of rotatable bonds is 13. The number of benzene rings is 2. The molecule has 0 aliphatic rings. The van der Waals surface area contributed by atoms with Crippen LogP contribution in [0.15, 0.2) is 83.5 Å². The lowest BCUT2D eigenvalue weighted by atomic mass is 10.1. The fourth-order valence-electron chi connectivity index (χ4n) is 4.01. The average Bonchev–Trinajstić information content (AvgIpc) is 3.52. The van der Waals surface area contributed by atoms with Crippen LogP contribution in [0.3, 0.4) is 0 Å². The summed E-state index contributed by atoms with van der Waals surface area (Å²) in [6.45, 7) is 6.35. The molecule has 4 aromatic rings. The summed E-state index contributed by atoms with van der Waals surface area (Å²) in [5.41, 5.74) is 2.85. The van der Waals surface area contributed by atoms with E-state index in [-0.39, 0.29) is 6.61 Å². The predicted octanol–water partition coefficient (Wildman–Crippen LogP) is 5.22. The van der Waals surface area contributed by atoms with Crippen LogP contribution in [-0.2, 0) is 24.2 Å². The second-order valence-corrected chi connectivity index (χ2v) is 8.31. The monoisotopic (exact) mass is 475 g/mol. The van der Waals surface area contributed by atoms with Gasteiger partial charge in [-0.3, -0.25) is 4.90 Å². The van der Waals surface area contributed by atoms with Crippen molar-refractivity contribution in [2.45, 2.75) is 39.5 Å². The third kappa shape index (κ3) is 6.60. The largest absolute Gasteiger partial charge is 0.468 e. The smallest absolute Gasteiger partial charge is 0.227 e. The molecule has 0 aliphatic heterocycles. The van der Waals surface area contributed by atoms with Crippen LogP contribution in [-0.4, -0.2) is 45.6 Å². The molecule has 1 atom stereocenters. The second-order valence-electron chi connectivity index (χ2n) is 8.31. The third-order valence-corrected chi connectivity index (χ3v) is 5.64. The summed E-state index contributed by atoms with van der Waals surface area (Å²) in [5, 5.41) is 15.6. The summed E-state index contributed by atoms with van der Waals surface area (Å²) in [5.74, 6) is 2.23. The van der Waals surface area contributed by atoms with E-state index in [0.717, 1.165) is 34.9 Å². The van der Waals surface area contributed by atoms with Crippen molar-refractivity contribution < 1.29 is 19.0 Å². The first-order valence-electron chi connectivity index (χ1n) is 12.1. The maximum atomic E-state index is 10.6. The van der Waals surface area contributed by atoms with Gasteiger partial charge in [0.1, 0.15) is 11.5 Å². The molecule has 0 bridgehead atoms. The normalized spacial score (nSPS) is 12.2. The highest BCUT2D eigenvalue weighted by atomic mass is 16.5. The van der Waals surface area contributed by atoms with Crippen molar-refractivity contribution in [1.82, 2.24) is 14.7 Å². The van der Waals surface area contributed by atoms with E-state index < -0.39 is 6.10 Å². The first-order valence-corrected chi connectivity index (χ1v) is 12.1. The van der Waals surface area contributed by atoms with Crippen LogP contribution < -0.4 is 4.74 Å². The summed E-state index contributed by atoms with van der Waals surface area (Å²) in [6, 6.07) is 23.5. The fraction of sp³-hybridized carbons (Fsp3) is 0.321. The Morgan fingerprint density at radius 3 is 2.37 bits per heavy atom. The molecule has 2 heterocycles. The minimum Gasteiger partial charge on any atom is -0.468 e. The summed E-state index contributed by atoms with van der Waals surface area (Å²) >= 11 is 0. The lowest BCUT2D eigenvalue weighted by Gasteiger charge is -2.24. The van der Waals surface area contributed by atoms with Crippen LogP contribution in [0.2, 0.25) is 0 Å². The van der Waals surface area contributed by atoms with E-state index in [1.54, 1.807) is 6.26 Å². The highest BCUT2D eigenvalue weighted by Crippen LogP contribution is 2.32. The van der Waals surface area contributed by atoms with E-state index in [1.165, 1.54) is 0 Å². The van der Waals surface area contributed by atoms with Crippen LogP contribution in [0, 0.1) is 0 Å². The van der Waals surface area contributed by atoms with Crippen LogP contribution >= 0.6 is 0 Å². The number of ether oxygens (including phenoxy) is 2. The Bertz CT molecular complexity index is 1140. The van der Waals surface area contributed by atoms with E-state index in [4.69, 9.17) is 19.0 Å². The summed E-state index contributed by atoms with van der Waals surface area (Å²) in [4.78, 5) is 2.14. The zero-order valence-corrected chi connectivity index (χ0v) is 20.3. The zero-order chi connectivity index (χ0) is 24.5. The first kappa shape index (κ1) is 24.7. The van der Waals surface area contributed by atoms with Gasteiger partial charge < -0.3 is 19.0 Å². The molecule has 35 heavy (non-hydrogen) atoms. The van der Waals surface area contributed by atoms with Gasteiger partial charge in [0.2, 0.25) is 5.88 Å². The molecule has 0 aliphatic carbocycles. The minimum atomic E-state index is -0.627. The number of aromatic nitrogens is 2. The van der Waals surface area contributed by atoms with Crippen LogP contribution in [0.25, 0.3) is 5.69 Å². The van der Waals surface area contributed by atoms with Crippen molar-refractivity contribution in [2.24, 2.45) is 0 Å². The molecule has 0 saturated heterocycles. The topological polar surface area (TPSA) is 72.9 Å². The SMILES string of the molecule is CCOCC(O)CN(Cc1ccco1)Cc1c(CC)nn(-c2ccccc2)c1Oc1ccccc1. The maximum Gasteiger partial charge on any atom is 0.227 e. The van der Waals surface area contributed by atoms with Crippen molar-refractivity contribution in [2.75, 3.05) is 19.8 Å². The molecule has 7 nitrogen and oxygen atoms in total. The van der Waals surface area contributed by atoms with E-state index >= 15 is 0 Å². The molecule has 7 heteroatoms. The van der Waals surface area contributed by atoms with Gasteiger partial charge in [0.05, 0.1) is 42.5 Å². The molecule has 0 fully saturated rings. The molecule has 0 spiro atoms. The quantitative estimate of drug-likeness (QED) is 0.286. The zero-order valence-electron chi connectivity index (χ0n) is 20.3. The predicted molar refractivity (Wildman–Crippen MR) is 135 cm³/mol. The minimum absolute atomic E-state index is 0.280. The van der Waals surface area contributed by atoms with Gasteiger partial charge in [-0.2, -0.15) is 5.10 Å². The Morgan fingerprint density at radius 1 is 0.971 bits per heavy atom. The van der Waals surface area contributed by atoms with E-state index in [9.17, 15) is 5.11 Å². The highest BCUT2D eigenvalue weighted by Gasteiger charge is 2.24. The molecule has 2 aromatic heterocycles. The number of aryl methyl sites for hydroxylation is 1. The van der Waals surface area contributed by atoms with Gasteiger partial charge in [-0.15, -0.1) is 0 Å². The van der Waals surface area contributed by atoms with Crippen LogP contribution in [0.4, 0.5) is 0 Å². The molecule has 0 saturated carbocycles. The van der Waals surface area contributed by atoms with Gasteiger partial charge >= 0.3 is 0 Å². The van der Waals surface area contributed by atoms with Crippen molar-refractivity contribution in [3.63, 3.8) is 0 Å². The van der Waals surface area contributed by atoms with Crippen LogP contribution in [0.5, 0.6) is 11.6 Å². The van der Waals surface area contributed by atoms with Gasteiger partial charge in [-0.25, -0.2) is 4.68 Å². The van der Waals surface area contributed by atoms with Crippen molar-refractivity contribution in [3.05, 3.63) is 96.1 Å². The molecule has 2 aromatic carbocycles. The van der Waals surface area contributed by atoms with Crippen LogP contribution in [0.1, 0.15) is 30.9 Å². The molecular weight excluding hydrogens is 442 g/mol. The lowest BCUT2D eigenvalue weighted by molar-refractivity contribution is 0.0166. The van der Waals surface area contributed by atoms with Gasteiger partial charge in [-0.05, 0) is 49.7 Å². The number of aliphatic hydroxyl groups is 1. The van der Waals surface area contributed by atoms with E-state index in [0.29, 0.717) is 32.1 Å². The molecule has 4 rings (SSSR count). The Morgan fingerprint density at radius 2 is 1.71 bits per heavy atom. The number of furan rings is 1. The van der Waals surface area contributed by atoms with E-state index in [1.807, 2.05) is 84.4 Å². The number of nitrogens with zero attached hydrogens (tertiary/aromatic N) is 3. The van der Waals surface area contributed by atoms with Crippen molar-refractivity contribution >= 4 is 0 Å². The number of aliphatic hydroxyl groups excluding tert-OH is 1. The van der Waals surface area contributed by atoms with Gasteiger partial charge in [0.15, 0.2) is 0 Å². The molecule has 184 valence electrons. The van der Waals surface area contributed by atoms with Gasteiger partial charge in [0.25, 0.3) is 0 Å². The molecule has 0 radical (unpaired) electrons. The molecule has 1 N–H and O–H groups in total. The van der Waals surface area contributed by atoms with Crippen molar-refractivity contribution in [1.29, 1.82) is 0 Å². The highest BCUT2D eigenvalue weighted by molar-refractivity contribution is 5.43. The van der Waals surface area contributed by atoms with Crippen molar-refractivity contribution in [3.8, 4) is 17.3 Å². The molecule has 1 unspecified atom stereocenters. The summed E-state index contributed by atoms with van der Waals surface area (Å²) < 4.78 is 19.4. The number of hydrogen-bond donors (Lipinski definition) is 1. The Hall–Kier alpha value is -3.39. The van der Waals surface area contributed by atoms with E-state index in [2.05, 4.69) is 11.8 Å². The summed E-state index contributed by atoms with van der Waals surface area (Å²) in [6.07, 6.45) is 1.78. The van der Waals surface area contributed by atoms with Gasteiger partial charge in [-0.1, -0.05) is 43.3 Å². The molecular formula is C28H33N3O4. The Balaban J connectivity index is 1.71.